The van der Waals surface area contributed by atoms with E-state index in [1.54, 1.807) is 20.4 Å². The summed E-state index contributed by atoms with van der Waals surface area (Å²) in [6, 6.07) is 3.74. The van der Waals surface area contributed by atoms with Gasteiger partial charge in [-0.25, -0.2) is 0 Å². The highest BCUT2D eigenvalue weighted by Gasteiger charge is 2.09. The number of ether oxygens (including phenoxy) is 2. The highest BCUT2D eigenvalue weighted by Crippen LogP contribution is 2.15. The molecular formula is C9H14N2O2. The van der Waals surface area contributed by atoms with Crippen LogP contribution in [0.2, 0.25) is 0 Å². The maximum Gasteiger partial charge on any atom is 0.200 e. The van der Waals surface area contributed by atoms with Crippen molar-refractivity contribution in [1.29, 1.82) is 0 Å². The van der Waals surface area contributed by atoms with Crippen LogP contribution in [0.4, 0.5) is 0 Å². The number of nitrogens with two attached hydrogens (primary N) is 1. The molecule has 0 radical (unpaired) electrons. The van der Waals surface area contributed by atoms with E-state index in [0.717, 1.165) is 11.3 Å². The van der Waals surface area contributed by atoms with Gasteiger partial charge in [0.2, 0.25) is 6.29 Å². The first-order valence-electron chi connectivity index (χ1n) is 4.02. The Morgan fingerprint density at radius 2 is 2.15 bits per heavy atom. The first-order valence-corrected chi connectivity index (χ1v) is 4.02. The van der Waals surface area contributed by atoms with Crippen molar-refractivity contribution in [1.82, 2.24) is 4.98 Å². The molecule has 0 saturated heterocycles. The van der Waals surface area contributed by atoms with E-state index in [-0.39, 0.29) is 0 Å². The highest BCUT2D eigenvalue weighted by molar-refractivity contribution is 5.16. The van der Waals surface area contributed by atoms with Gasteiger partial charge in [0.15, 0.2) is 0 Å². The van der Waals surface area contributed by atoms with Crippen LogP contribution in [0.1, 0.15) is 17.5 Å². The second-order valence-corrected chi connectivity index (χ2v) is 2.60. The van der Waals surface area contributed by atoms with Gasteiger partial charge in [-0.3, -0.25) is 4.98 Å². The summed E-state index contributed by atoms with van der Waals surface area (Å²) in [7, 11) is 3.15. The molecule has 0 aliphatic heterocycles. The van der Waals surface area contributed by atoms with Crippen LogP contribution in [0.15, 0.2) is 18.3 Å². The van der Waals surface area contributed by atoms with Gasteiger partial charge in [0.05, 0.1) is 5.69 Å². The lowest BCUT2D eigenvalue weighted by Gasteiger charge is -2.12. The average Bonchev–Trinajstić information content (AvgIpc) is 2.20. The molecule has 0 amide bonds. The van der Waals surface area contributed by atoms with Crippen LogP contribution in [0.25, 0.3) is 0 Å². The fraction of sp³-hybridized carbons (Fsp3) is 0.444. The van der Waals surface area contributed by atoms with Crippen LogP contribution in [0.5, 0.6) is 0 Å². The molecule has 2 N–H and O–H groups in total. The van der Waals surface area contributed by atoms with Crippen LogP contribution >= 0.6 is 0 Å². The van der Waals surface area contributed by atoms with Crippen molar-refractivity contribution >= 4 is 0 Å². The maximum atomic E-state index is 5.49. The minimum absolute atomic E-state index is 0.411. The molecule has 0 fully saturated rings. The minimum Gasteiger partial charge on any atom is -0.350 e. The van der Waals surface area contributed by atoms with Gasteiger partial charge >= 0.3 is 0 Å². The molecular weight excluding hydrogens is 168 g/mol. The van der Waals surface area contributed by atoms with Crippen molar-refractivity contribution in [2.75, 3.05) is 14.2 Å². The van der Waals surface area contributed by atoms with Crippen LogP contribution in [-0.4, -0.2) is 19.2 Å². The molecule has 0 aliphatic rings. The zero-order chi connectivity index (χ0) is 9.68. The van der Waals surface area contributed by atoms with Gasteiger partial charge in [0.25, 0.3) is 0 Å². The summed E-state index contributed by atoms with van der Waals surface area (Å²) in [5.74, 6) is 0. The zero-order valence-electron chi connectivity index (χ0n) is 7.86. The minimum atomic E-state index is -0.411. The standard InChI is InChI=1S/C9H14N2O2/c1-12-9(13-2)8-5-7(6-10)3-4-11-8/h3-5,9H,6,10H2,1-2H3. The molecule has 1 rings (SSSR count). The molecule has 1 aromatic heterocycles. The Hall–Kier alpha value is -0.970. The van der Waals surface area contributed by atoms with Gasteiger partial charge in [-0.1, -0.05) is 0 Å². The van der Waals surface area contributed by atoms with Gasteiger partial charge in [0, 0.05) is 27.0 Å². The number of nitrogens with zero attached hydrogens (tertiary/aromatic N) is 1. The van der Waals surface area contributed by atoms with Gasteiger partial charge in [-0.15, -0.1) is 0 Å². The summed E-state index contributed by atoms with van der Waals surface area (Å²) in [6.45, 7) is 0.496. The summed E-state index contributed by atoms with van der Waals surface area (Å²) in [5.41, 5.74) is 7.25. The van der Waals surface area contributed by atoms with E-state index in [4.69, 9.17) is 15.2 Å². The summed E-state index contributed by atoms with van der Waals surface area (Å²) in [5, 5.41) is 0. The van der Waals surface area contributed by atoms with Crippen molar-refractivity contribution in [3.8, 4) is 0 Å². The lowest BCUT2D eigenvalue weighted by Crippen LogP contribution is -2.07. The van der Waals surface area contributed by atoms with Crippen LogP contribution in [0.3, 0.4) is 0 Å². The quantitative estimate of drug-likeness (QED) is 0.701. The van der Waals surface area contributed by atoms with E-state index in [2.05, 4.69) is 4.98 Å². The number of methoxy groups -OCH3 is 2. The molecule has 0 aromatic carbocycles. The summed E-state index contributed by atoms with van der Waals surface area (Å²) in [4.78, 5) is 4.12. The third kappa shape index (κ3) is 2.48. The van der Waals surface area contributed by atoms with Gasteiger partial charge in [-0.05, 0) is 17.7 Å². The maximum absolute atomic E-state index is 5.49. The Labute approximate surface area is 77.7 Å². The smallest absolute Gasteiger partial charge is 0.200 e. The molecule has 4 heteroatoms. The zero-order valence-corrected chi connectivity index (χ0v) is 7.86. The summed E-state index contributed by atoms with van der Waals surface area (Å²) < 4.78 is 10.1. The lowest BCUT2D eigenvalue weighted by atomic mass is 10.2. The second-order valence-electron chi connectivity index (χ2n) is 2.60. The molecule has 1 aromatic rings. The van der Waals surface area contributed by atoms with E-state index < -0.39 is 6.29 Å². The lowest BCUT2D eigenvalue weighted by molar-refractivity contribution is -0.108. The molecule has 0 unspecified atom stereocenters. The van der Waals surface area contributed by atoms with Gasteiger partial charge in [0.1, 0.15) is 0 Å². The van der Waals surface area contributed by atoms with E-state index in [0.29, 0.717) is 6.54 Å². The summed E-state index contributed by atoms with van der Waals surface area (Å²) >= 11 is 0. The molecule has 0 atom stereocenters. The van der Waals surface area contributed by atoms with Crippen LogP contribution in [0, 0.1) is 0 Å². The van der Waals surface area contributed by atoms with Gasteiger partial charge in [-0.2, -0.15) is 0 Å². The third-order valence-electron chi connectivity index (χ3n) is 1.75. The number of hydrogen-bond donors (Lipinski definition) is 1. The number of hydrogen-bond acceptors (Lipinski definition) is 4. The van der Waals surface area contributed by atoms with E-state index in [1.165, 1.54) is 0 Å². The molecule has 13 heavy (non-hydrogen) atoms. The SMILES string of the molecule is COC(OC)c1cc(CN)ccn1. The van der Waals surface area contributed by atoms with E-state index >= 15 is 0 Å². The van der Waals surface area contributed by atoms with Gasteiger partial charge < -0.3 is 15.2 Å². The van der Waals surface area contributed by atoms with Crippen LogP contribution < -0.4 is 5.73 Å². The summed E-state index contributed by atoms with van der Waals surface area (Å²) in [6.07, 6.45) is 1.29. The molecule has 4 nitrogen and oxygen atoms in total. The van der Waals surface area contributed by atoms with Crippen molar-refractivity contribution in [3.05, 3.63) is 29.6 Å². The predicted octanol–water partition coefficient (Wildman–Crippen LogP) is 0.832. The Morgan fingerprint density at radius 3 is 2.69 bits per heavy atom. The molecule has 0 spiro atoms. The van der Waals surface area contributed by atoms with Crippen LogP contribution in [-0.2, 0) is 16.0 Å². The molecule has 1 heterocycles. The Bertz CT molecular complexity index is 262. The molecule has 0 aliphatic carbocycles. The first-order chi connectivity index (χ1) is 6.31. The van der Waals surface area contributed by atoms with E-state index in [1.807, 2.05) is 12.1 Å². The number of rotatable bonds is 4. The monoisotopic (exact) mass is 182 g/mol. The molecule has 0 saturated carbocycles. The average molecular weight is 182 g/mol. The Kier molecular flexibility index (Phi) is 3.82. The Balaban J connectivity index is 2.86. The van der Waals surface area contributed by atoms with Crippen molar-refractivity contribution < 1.29 is 9.47 Å². The Morgan fingerprint density at radius 1 is 1.46 bits per heavy atom. The molecule has 0 bridgehead atoms. The topological polar surface area (TPSA) is 57.4 Å². The predicted molar refractivity (Wildman–Crippen MR) is 48.9 cm³/mol. The van der Waals surface area contributed by atoms with Crippen molar-refractivity contribution in [2.24, 2.45) is 5.73 Å². The number of aromatic nitrogens is 1. The normalized spacial score (nSPS) is 10.8. The fourth-order valence-corrected chi connectivity index (χ4v) is 1.09. The van der Waals surface area contributed by atoms with Crippen molar-refractivity contribution in [3.63, 3.8) is 0 Å². The largest absolute Gasteiger partial charge is 0.350 e. The third-order valence-corrected chi connectivity index (χ3v) is 1.75. The second kappa shape index (κ2) is 4.91. The van der Waals surface area contributed by atoms with E-state index in [9.17, 15) is 0 Å². The fourth-order valence-electron chi connectivity index (χ4n) is 1.09. The molecule has 72 valence electrons. The van der Waals surface area contributed by atoms with Crippen molar-refractivity contribution in [2.45, 2.75) is 12.8 Å². The highest BCUT2D eigenvalue weighted by atomic mass is 16.7. The first kappa shape index (κ1) is 10.1. The number of pyridine rings is 1.